The largest absolute Gasteiger partial charge is 0.372 e. The van der Waals surface area contributed by atoms with Crippen molar-refractivity contribution in [3.8, 4) is 11.3 Å². The number of nitrogens with zero attached hydrogens (tertiary/aromatic N) is 4. The number of carbonyl (C=O) groups is 2. The first-order valence-electron chi connectivity index (χ1n) is 8.89. The molecule has 2 N–H and O–H groups in total. The highest BCUT2D eigenvalue weighted by Crippen LogP contribution is 2.24. The minimum Gasteiger partial charge on any atom is -0.372 e. The molecule has 0 atom stereocenters. The summed E-state index contributed by atoms with van der Waals surface area (Å²) in [7, 11) is 0. The summed E-state index contributed by atoms with van der Waals surface area (Å²) in [6.07, 6.45) is 2.50. The lowest BCUT2D eigenvalue weighted by Crippen LogP contribution is -2.54. The molecule has 0 bridgehead atoms. The van der Waals surface area contributed by atoms with Crippen LogP contribution in [0.1, 0.15) is 23.3 Å². The van der Waals surface area contributed by atoms with Crippen LogP contribution in [0.5, 0.6) is 0 Å². The number of benzene rings is 1. The van der Waals surface area contributed by atoms with Gasteiger partial charge >= 0.3 is 0 Å². The minimum absolute atomic E-state index is 0.217. The van der Waals surface area contributed by atoms with Crippen molar-refractivity contribution in [1.29, 1.82) is 0 Å². The van der Waals surface area contributed by atoms with Gasteiger partial charge in [0.2, 0.25) is 5.91 Å². The summed E-state index contributed by atoms with van der Waals surface area (Å²) in [5, 5.41) is 8.25. The monoisotopic (exact) mass is 351 g/mol. The van der Waals surface area contributed by atoms with Crippen molar-refractivity contribution in [2.45, 2.75) is 12.8 Å². The van der Waals surface area contributed by atoms with Gasteiger partial charge in [0.05, 0.1) is 11.6 Å². The van der Waals surface area contributed by atoms with E-state index in [0.29, 0.717) is 13.1 Å². The van der Waals surface area contributed by atoms with Gasteiger partial charge in [-0.3, -0.25) is 9.59 Å². The second-order valence-electron chi connectivity index (χ2n) is 6.85. The van der Waals surface area contributed by atoms with E-state index in [9.17, 15) is 9.59 Å². The zero-order valence-corrected chi connectivity index (χ0v) is 14.5. The third-order valence-electron chi connectivity index (χ3n) is 5.09. The molecule has 0 unspecified atom stereocenters. The Morgan fingerprint density at radius 1 is 0.962 bits per heavy atom. The lowest BCUT2D eigenvalue weighted by atomic mass is 9.99. The summed E-state index contributed by atoms with van der Waals surface area (Å²) in [5.41, 5.74) is 8.44. The van der Waals surface area contributed by atoms with Gasteiger partial charge in [0.1, 0.15) is 0 Å². The fraction of sp³-hybridized carbons (Fsp3) is 0.368. The molecule has 2 saturated heterocycles. The van der Waals surface area contributed by atoms with E-state index >= 15 is 0 Å². The number of amides is 2. The molecule has 7 heteroatoms. The molecule has 134 valence electrons. The molecule has 0 spiro atoms. The smallest absolute Gasteiger partial charge is 0.274 e. The Morgan fingerprint density at radius 3 is 2.23 bits per heavy atom. The molecule has 2 aliphatic rings. The Morgan fingerprint density at radius 2 is 1.65 bits per heavy atom. The fourth-order valence-corrected chi connectivity index (χ4v) is 3.40. The highest BCUT2D eigenvalue weighted by molar-refractivity contribution is 5.94. The van der Waals surface area contributed by atoms with E-state index in [4.69, 9.17) is 5.73 Å². The van der Waals surface area contributed by atoms with Crippen molar-refractivity contribution in [2.24, 2.45) is 11.7 Å². The van der Waals surface area contributed by atoms with Gasteiger partial charge in [0.15, 0.2) is 5.69 Å². The molecule has 2 aromatic rings. The van der Waals surface area contributed by atoms with Crippen LogP contribution in [0.2, 0.25) is 0 Å². The van der Waals surface area contributed by atoms with E-state index in [-0.39, 0.29) is 23.4 Å². The lowest BCUT2D eigenvalue weighted by Gasteiger charge is -2.36. The van der Waals surface area contributed by atoms with Crippen molar-refractivity contribution in [3.63, 3.8) is 0 Å². The van der Waals surface area contributed by atoms with Gasteiger partial charge < -0.3 is 15.5 Å². The van der Waals surface area contributed by atoms with Crippen LogP contribution >= 0.6 is 0 Å². The molecule has 2 aliphatic heterocycles. The van der Waals surface area contributed by atoms with E-state index in [1.54, 1.807) is 17.0 Å². The minimum atomic E-state index is -0.368. The lowest BCUT2D eigenvalue weighted by molar-refractivity contribution is -0.125. The molecule has 0 saturated carbocycles. The molecule has 1 aromatic heterocycles. The Bertz CT molecular complexity index is 807. The maximum Gasteiger partial charge on any atom is 0.274 e. The molecule has 4 rings (SSSR count). The number of hydrogen-bond donors (Lipinski definition) is 1. The quantitative estimate of drug-likeness (QED) is 0.896. The Labute approximate surface area is 151 Å². The highest BCUT2D eigenvalue weighted by atomic mass is 16.2. The molecule has 7 nitrogen and oxygen atoms in total. The number of anilines is 1. The molecule has 2 amide bonds. The van der Waals surface area contributed by atoms with E-state index < -0.39 is 0 Å². The Hall–Kier alpha value is -2.96. The molecule has 0 radical (unpaired) electrons. The molecule has 1 aromatic carbocycles. The molecular weight excluding hydrogens is 330 g/mol. The summed E-state index contributed by atoms with van der Waals surface area (Å²) in [4.78, 5) is 27.3. The first-order valence-corrected chi connectivity index (χ1v) is 8.89. The number of aromatic nitrogens is 2. The number of rotatable bonds is 4. The van der Waals surface area contributed by atoms with Crippen LogP contribution < -0.4 is 10.6 Å². The summed E-state index contributed by atoms with van der Waals surface area (Å²) in [5.74, 6) is -0.834. The summed E-state index contributed by atoms with van der Waals surface area (Å²) < 4.78 is 0. The summed E-state index contributed by atoms with van der Waals surface area (Å²) in [6.45, 7) is 2.94. The normalized spacial score (nSPS) is 17.2. The average molecular weight is 351 g/mol. The van der Waals surface area contributed by atoms with Crippen molar-refractivity contribution in [2.75, 3.05) is 31.1 Å². The first-order chi connectivity index (χ1) is 12.6. The predicted octanol–water partition coefficient (Wildman–Crippen LogP) is 1.30. The summed E-state index contributed by atoms with van der Waals surface area (Å²) in [6, 6.07) is 11.8. The average Bonchev–Trinajstić information content (AvgIpc) is 3.15. The fourth-order valence-electron chi connectivity index (χ4n) is 3.40. The van der Waals surface area contributed by atoms with Gasteiger partial charge in [-0.25, -0.2) is 0 Å². The van der Waals surface area contributed by atoms with Crippen LogP contribution in [0.15, 0.2) is 36.4 Å². The van der Waals surface area contributed by atoms with Crippen molar-refractivity contribution in [1.82, 2.24) is 15.1 Å². The van der Waals surface area contributed by atoms with Crippen LogP contribution in [0, 0.1) is 5.92 Å². The second kappa shape index (κ2) is 6.74. The molecule has 26 heavy (non-hydrogen) atoms. The number of hydrogen-bond acceptors (Lipinski definition) is 5. The summed E-state index contributed by atoms with van der Waals surface area (Å²) >= 11 is 0. The maximum atomic E-state index is 12.3. The third kappa shape index (κ3) is 3.12. The standard InChI is InChI=1S/C19H21N5O2/c20-18(25)14-11-24(12-14)19(26)17-8-7-16(21-22-17)13-3-5-15(6-4-13)23-9-1-2-10-23/h3-8,14H,1-2,9-12H2,(H2,20,25). The number of carbonyl (C=O) groups excluding carboxylic acids is 2. The number of primary amides is 1. The van der Waals surface area contributed by atoms with Gasteiger partial charge in [-0.05, 0) is 37.1 Å². The van der Waals surface area contributed by atoms with Crippen molar-refractivity contribution >= 4 is 17.5 Å². The Kier molecular flexibility index (Phi) is 4.28. The van der Waals surface area contributed by atoms with Gasteiger partial charge in [-0.1, -0.05) is 12.1 Å². The SMILES string of the molecule is NC(=O)C1CN(C(=O)c2ccc(-c3ccc(N4CCCC4)cc3)nn2)C1. The number of likely N-dealkylation sites (tertiary alicyclic amines) is 1. The van der Waals surface area contributed by atoms with Gasteiger partial charge in [0, 0.05) is 37.4 Å². The molecular formula is C19H21N5O2. The van der Waals surface area contributed by atoms with Crippen LogP contribution in [0.3, 0.4) is 0 Å². The van der Waals surface area contributed by atoms with E-state index in [1.165, 1.54) is 18.5 Å². The first kappa shape index (κ1) is 16.5. The zero-order chi connectivity index (χ0) is 18.1. The van der Waals surface area contributed by atoms with E-state index in [2.05, 4.69) is 27.2 Å². The van der Waals surface area contributed by atoms with Gasteiger partial charge in [0.25, 0.3) is 5.91 Å². The second-order valence-corrected chi connectivity index (χ2v) is 6.85. The van der Waals surface area contributed by atoms with Crippen LogP contribution in [0.25, 0.3) is 11.3 Å². The third-order valence-corrected chi connectivity index (χ3v) is 5.09. The van der Waals surface area contributed by atoms with Crippen LogP contribution in [0.4, 0.5) is 5.69 Å². The molecule has 0 aliphatic carbocycles. The predicted molar refractivity (Wildman–Crippen MR) is 97.5 cm³/mol. The van der Waals surface area contributed by atoms with Gasteiger partial charge in [-0.2, -0.15) is 0 Å². The molecule has 2 fully saturated rings. The van der Waals surface area contributed by atoms with Crippen LogP contribution in [-0.4, -0.2) is 53.1 Å². The number of nitrogens with two attached hydrogens (primary N) is 1. The molecule has 3 heterocycles. The van der Waals surface area contributed by atoms with E-state index in [1.807, 2.05) is 12.1 Å². The van der Waals surface area contributed by atoms with Gasteiger partial charge in [-0.15, -0.1) is 10.2 Å². The van der Waals surface area contributed by atoms with Crippen molar-refractivity contribution < 1.29 is 9.59 Å². The zero-order valence-electron chi connectivity index (χ0n) is 14.5. The maximum absolute atomic E-state index is 12.3. The highest BCUT2D eigenvalue weighted by Gasteiger charge is 2.35. The van der Waals surface area contributed by atoms with Crippen LogP contribution in [-0.2, 0) is 4.79 Å². The topological polar surface area (TPSA) is 92.4 Å². The Balaban J connectivity index is 1.42. The van der Waals surface area contributed by atoms with Crippen molar-refractivity contribution in [3.05, 3.63) is 42.1 Å². The van der Waals surface area contributed by atoms with E-state index in [0.717, 1.165) is 24.3 Å².